The minimum atomic E-state index is -4.83. The van der Waals surface area contributed by atoms with Gasteiger partial charge in [0.25, 0.3) is 0 Å². The second-order valence-corrected chi connectivity index (χ2v) is 12.5. The third-order valence-electron chi connectivity index (χ3n) is 7.61. The molecule has 0 aliphatic rings. The van der Waals surface area contributed by atoms with Gasteiger partial charge in [0.15, 0.2) is 11.6 Å². The Labute approximate surface area is 289 Å². The molecule has 0 bridgehead atoms. The molecule has 10 heteroatoms. The van der Waals surface area contributed by atoms with E-state index in [4.69, 9.17) is 18.9 Å². The highest BCUT2D eigenvalue weighted by atomic mass is 32.2. The molecule has 0 saturated carbocycles. The molecule has 0 aliphatic heterocycles. The summed E-state index contributed by atoms with van der Waals surface area (Å²) in [5.74, 6) is 2.24. The van der Waals surface area contributed by atoms with E-state index in [-0.39, 0.29) is 28.8 Å². The van der Waals surface area contributed by atoms with Crippen LogP contribution in [0.15, 0.2) is 144 Å². The Morgan fingerprint density at radius 1 is 0.480 bits per heavy atom. The van der Waals surface area contributed by atoms with Crippen LogP contribution in [0.5, 0.6) is 40.2 Å². The smallest absolute Gasteiger partial charge is 0.193 e. The number of hydrogen-bond donors (Lipinski definition) is 0. The molecule has 0 spiro atoms. The summed E-state index contributed by atoms with van der Waals surface area (Å²) < 4.78 is 57.7. The molecule has 0 atom stereocenters. The number of ketones is 2. The summed E-state index contributed by atoms with van der Waals surface area (Å²) in [5, 5.41) is 0. The van der Waals surface area contributed by atoms with Crippen molar-refractivity contribution in [2.45, 2.75) is 11.8 Å². The van der Waals surface area contributed by atoms with E-state index >= 15 is 0 Å². The highest BCUT2D eigenvalue weighted by molar-refractivity contribution is 7.85. The molecule has 6 rings (SSSR count). The van der Waals surface area contributed by atoms with Gasteiger partial charge in [0.1, 0.15) is 55.3 Å². The van der Waals surface area contributed by atoms with Crippen LogP contribution in [0.2, 0.25) is 0 Å². The van der Waals surface area contributed by atoms with Crippen molar-refractivity contribution in [2.24, 2.45) is 0 Å². The maximum atomic E-state index is 13.1. The Morgan fingerprint density at radius 3 is 1.16 bits per heavy atom. The topological polar surface area (TPSA) is 128 Å². The second kappa shape index (κ2) is 14.5. The Kier molecular flexibility index (Phi) is 9.75. The molecule has 0 saturated heterocycles. The monoisotopic (exact) mass is 685 g/mol. The molecule has 0 radical (unpaired) electrons. The molecular formula is C40H29O9S-. The standard InChI is InChI=1S/C40H30O9S/c1-26-3-5-27(6-4-26)39(41)28-7-13-31(14-8-28)47-33-19-21-34(22-20-33)48-32-15-9-29(10-16-32)40(42)30-11-17-35(18-12-30)49-37-24-23-36(46-2)25-38(37)50(43,44)45/h3-25H,1-2H3,(H,43,44,45)/p-1. The zero-order valence-electron chi connectivity index (χ0n) is 26.9. The third kappa shape index (κ3) is 8.07. The van der Waals surface area contributed by atoms with Gasteiger partial charge in [-0.3, -0.25) is 9.59 Å². The molecule has 0 unspecified atom stereocenters. The average molecular weight is 686 g/mol. The molecule has 0 fully saturated rings. The average Bonchev–Trinajstić information content (AvgIpc) is 3.13. The van der Waals surface area contributed by atoms with Crippen molar-refractivity contribution in [3.63, 3.8) is 0 Å². The van der Waals surface area contributed by atoms with Crippen molar-refractivity contribution in [3.8, 4) is 40.2 Å². The first-order valence-electron chi connectivity index (χ1n) is 15.3. The quantitative estimate of drug-likeness (QED) is 0.0917. The van der Waals surface area contributed by atoms with Crippen LogP contribution in [-0.2, 0) is 10.1 Å². The van der Waals surface area contributed by atoms with Crippen LogP contribution in [0.1, 0.15) is 37.4 Å². The lowest BCUT2D eigenvalue weighted by atomic mass is 10.0. The summed E-state index contributed by atoms with van der Waals surface area (Å²) in [7, 11) is -3.47. The van der Waals surface area contributed by atoms with E-state index in [9.17, 15) is 22.6 Å². The number of hydrogen-bond acceptors (Lipinski definition) is 9. The van der Waals surface area contributed by atoms with E-state index in [1.165, 1.54) is 31.4 Å². The van der Waals surface area contributed by atoms with Gasteiger partial charge >= 0.3 is 0 Å². The first kappa shape index (κ1) is 33.7. The summed E-state index contributed by atoms with van der Waals surface area (Å²) >= 11 is 0. The van der Waals surface area contributed by atoms with Crippen LogP contribution in [0.3, 0.4) is 0 Å². The van der Waals surface area contributed by atoms with Crippen molar-refractivity contribution in [2.75, 3.05) is 7.11 Å². The van der Waals surface area contributed by atoms with Gasteiger partial charge in [-0.05, 0) is 116 Å². The van der Waals surface area contributed by atoms with Crippen LogP contribution in [0, 0.1) is 6.92 Å². The maximum absolute atomic E-state index is 13.1. The lowest BCUT2D eigenvalue weighted by molar-refractivity contribution is 0.103. The van der Waals surface area contributed by atoms with Gasteiger partial charge in [-0.15, -0.1) is 0 Å². The first-order valence-corrected chi connectivity index (χ1v) is 16.7. The Morgan fingerprint density at radius 2 is 0.800 bits per heavy atom. The predicted octanol–water partition coefficient (Wildman–Crippen LogP) is 8.75. The fraction of sp³-hybridized carbons (Fsp3) is 0.0500. The molecule has 6 aromatic rings. The van der Waals surface area contributed by atoms with Crippen LogP contribution in [0.25, 0.3) is 0 Å². The summed E-state index contributed by atoms with van der Waals surface area (Å²) in [6.45, 7) is 1.98. The minimum Gasteiger partial charge on any atom is -0.744 e. The molecule has 250 valence electrons. The molecular weight excluding hydrogens is 656 g/mol. The van der Waals surface area contributed by atoms with Gasteiger partial charge in [0.2, 0.25) is 0 Å². The van der Waals surface area contributed by atoms with Gasteiger partial charge < -0.3 is 23.5 Å². The fourth-order valence-corrected chi connectivity index (χ4v) is 5.55. The minimum absolute atomic E-state index is 0.0552. The Bertz CT molecular complexity index is 2240. The van der Waals surface area contributed by atoms with E-state index in [0.717, 1.165) is 11.6 Å². The van der Waals surface area contributed by atoms with Crippen molar-refractivity contribution in [1.29, 1.82) is 0 Å². The van der Waals surface area contributed by atoms with Crippen LogP contribution < -0.4 is 18.9 Å². The number of aryl methyl sites for hydroxylation is 1. The number of ether oxygens (including phenoxy) is 4. The summed E-state index contributed by atoms with van der Waals surface area (Å²) in [6.07, 6.45) is 0. The number of methoxy groups -OCH3 is 1. The summed E-state index contributed by atoms with van der Waals surface area (Å²) in [5.41, 5.74) is 3.10. The summed E-state index contributed by atoms with van der Waals surface area (Å²) in [6, 6.07) is 38.1. The summed E-state index contributed by atoms with van der Waals surface area (Å²) in [4.78, 5) is 25.3. The molecule has 0 heterocycles. The molecule has 0 aromatic heterocycles. The molecule has 0 aliphatic carbocycles. The van der Waals surface area contributed by atoms with Crippen LogP contribution >= 0.6 is 0 Å². The van der Waals surface area contributed by atoms with Crippen molar-refractivity contribution in [3.05, 3.63) is 167 Å². The molecule has 0 amide bonds. The number of benzene rings is 6. The van der Waals surface area contributed by atoms with Crippen LogP contribution in [0.4, 0.5) is 0 Å². The number of carbonyl (C=O) groups is 2. The number of rotatable bonds is 12. The van der Waals surface area contributed by atoms with E-state index in [1.807, 2.05) is 31.2 Å². The Balaban J connectivity index is 1.04. The van der Waals surface area contributed by atoms with Crippen molar-refractivity contribution >= 4 is 21.7 Å². The van der Waals surface area contributed by atoms with Gasteiger partial charge in [-0.1, -0.05) is 29.8 Å². The van der Waals surface area contributed by atoms with Gasteiger partial charge in [0.05, 0.1) is 7.11 Å². The van der Waals surface area contributed by atoms with E-state index in [0.29, 0.717) is 45.3 Å². The molecule has 0 N–H and O–H groups in total. The van der Waals surface area contributed by atoms with Gasteiger partial charge in [0, 0.05) is 28.3 Å². The first-order chi connectivity index (χ1) is 24.1. The highest BCUT2D eigenvalue weighted by Crippen LogP contribution is 2.33. The van der Waals surface area contributed by atoms with Crippen molar-refractivity contribution < 1.29 is 41.5 Å². The fourth-order valence-electron chi connectivity index (χ4n) is 4.93. The zero-order valence-corrected chi connectivity index (χ0v) is 27.7. The largest absolute Gasteiger partial charge is 0.744 e. The lowest BCUT2D eigenvalue weighted by Crippen LogP contribution is -2.03. The third-order valence-corrected chi connectivity index (χ3v) is 8.46. The van der Waals surface area contributed by atoms with Gasteiger partial charge in [-0.2, -0.15) is 0 Å². The SMILES string of the molecule is COc1ccc(Oc2ccc(C(=O)c3ccc(Oc4ccc(Oc5ccc(C(=O)c6ccc(C)cc6)cc5)cc4)cc3)cc2)c(S(=O)(=O)[O-])c1. The zero-order chi connectivity index (χ0) is 35.3. The highest BCUT2D eigenvalue weighted by Gasteiger charge is 2.15. The normalized spacial score (nSPS) is 11.0. The number of carbonyl (C=O) groups excluding carboxylic acids is 2. The maximum Gasteiger partial charge on any atom is 0.193 e. The lowest BCUT2D eigenvalue weighted by Gasteiger charge is -2.15. The van der Waals surface area contributed by atoms with E-state index < -0.39 is 15.0 Å². The van der Waals surface area contributed by atoms with Gasteiger partial charge in [-0.25, -0.2) is 8.42 Å². The molecule has 50 heavy (non-hydrogen) atoms. The molecule has 6 aromatic carbocycles. The second-order valence-electron chi connectivity index (χ2n) is 11.1. The van der Waals surface area contributed by atoms with E-state index in [1.54, 1.807) is 84.9 Å². The predicted molar refractivity (Wildman–Crippen MR) is 185 cm³/mol. The van der Waals surface area contributed by atoms with Crippen LogP contribution in [-0.4, -0.2) is 31.6 Å². The Hall–Kier alpha value is -6.23. The molecule has 9 nitrogen and oxygen atoms in total. The van der Waals surface area contributed by atoms with Crippen molar-refractivity contribution in [1.82, 2.24) is 0 Å². The van der Waals surface area contributed by atoms with E-state index in [2.05, 4.69) is 0 Å².